The molecule has 0 aliphatic heterocycles. The second-order valence-corrected chi connectivity index (χ2v) is 10.5. The minimum absolute atomic E-state index is 0.150. The first kappa shape index (κ1) is 23.5. The quantitative estimate of drug-likeness (QED) is 0.355. The van der Waals surface area contributed by atoms with E-state index in [9.17, 15) is 13.2 Å². The molecule has 0 fully saturated rings. The standard InChI is InChI=1S/C25H23N3O4S2/c1-16-7-13-22(14-8-16)34(30,31)28-20-6-4-5-19(15-20)24(29)27-25-26-23(17(2)33-25)18-9-11-21(32-3)12-10-18/h4-15,28H,1-3H3,(H,26,27,29). The van der Waals surface area contributed by atoms with Gasteiger partial charge in [-0.3, -0.25) is 14.8 Å². The summed E-state index contributed by atoms with van der Waals surface area (Å²) in [5.74, 6) is 0.370. The molecule has 2 N–H and O–H groups in total. The van der Waals surface area contributed by atoms with Crippen LogP contribution in [0.5, 0.6) is 5.75 Å². The Morgan fingerprint density at radius 3 is 2.35 bits per heavy atom. The Hall–Kier alpha value is -3.69. The molecular formula is C25H23N3O4S2. The molecule has 0 aliphatic carbocycles. The number of carbonyl (C=O) groups excluding carboxylic acids is 1. The Morgan fingerprint density at radius 1 is 0.971 bits per heavy atom. The summed E-state index contributed by atoms with van der Waals surface area (Å²) < 4.78 is 33.1. The van der Waals surface area contributed by atoms with Gasteiger partial charge in [-0.1, -0.05) is 23.8 Å². The zero-order chi connectivity index (χ0) is 24.3. The number of aromatic nitrogens is 1. The molecule has 1 amide bonds. The first-order valence-corrected chi connectivity index (χ1v) is 12.7. The number of hydrogen-bond donors (Lipinski definition) is 2. The van der Waals surface area contributed by atoms with E-state index in [2.05, 4.69) is 15.0 Å². The molecular weight excluding hydrogens is 470 g/mol. The number of hydrogen-bond acceptors (Lipinski definition) is 6. The van der Waals surface area contributed by atoms with Crippen molar-refractivity contribution in [2.75, 3.05) is 17.1 Å². The lowest BCUT2D eigenvalue weighted by Gasteiger charge is -2.10. The highest BCUT2D eigenvalue weighted by Crippen LogP contribution is 2.31. The third-order valence-electron chi connectivity index (χ3n) is 5.09. The zero-order valence-electron chi connectivity index (χ0n) is 18.8. The van der Waals surface area contributed by atoms with Gasteiger partial charge in [0.25, 0.3) is 15.9 Å². The number of anilines is 2. The maximum Gasteiger partial charge on any atom is 0.261 e. The van der Waals surface area contributed by atoms with Gasteiger partial charge in [0.1, 0.15) is 5.75 Å². The van der Waals surface area contributed by atoms with Gasteiger partial charge in [0.2, 0.25) is 0 Å². The summed E-state index contributed by atoms with van der Waals surface area (Å²) in [6.45, 7) is 3.82. The highest BCUT2D eigenvalue weighted by atomic mass is 32.2. The Morgan fingerprint density at radius 2 is 1.68 bits per heavy atom. The average molecular weight is 494 g/mol. The molecule has 9 heteroatoms. The van der Waals surface area contributed by atoms with E-state index in [4.69, 9.17) is 4.74 Å². The molecule has 0 bridgehead atoms. The number of nitrogens with zero attached hydrogens (tertiary/aromatic N) is 1. The summed E-state index contributed by atoms with van der Waals surface area (Å²) >= 11 is 1.37. The number of sulfonamides is 1. The maximum absolute atomic E-state index is 12.8. The Labute approximate surface area is 202 Å². The number of thiazole rings is 1. The van der Waals surface area contributed by atoms with E-state index in [1.54, 1.807) is 49.6 Å². The molecule has 0 spiro atoms. The van der Waals surface area contributed by atoms with Crippen LogP contribution in [0.1, 0.15) is 20.8 Å². The summed E-state index contributed by atoms with van der Waals surface area (Å²) in [5, 5.41) is 3.26. The maximum atomic E-state index is 12.8. The highest BCUT2D eigenvalue weighted by Gasteiger charge is 2.17. The van der Waals surface area contributed by atoms with Crippen LogP contribution in [-0.2, 0) is 10.0 Å². The predicted octanol–water partition coefficient (Wildman–Crippen LogP) is 5.49. The third kappa shape index (κ3) is 5.27. The van der Waals surface area contributed by atoms with E-state index in [0.717, 1.165) is 27.4 Å². The number of amides is 1. The van der Waals surface area contributed by atoms with Crippen LogP contribution in [-0.4, -0.2) is 26.4 Å². The molecule has 0 radical (unpaired) electrons. The molecule has 0 unspecified atom stereocenters. The monoisotopic (exact) mass is 493 g/mol. The van der Waals surface area contributed by atoms with Crippen molar-refractivity contribution in [1.82, 2.24) is 4.98 Å². The van der Waals surface area contributed by atoms with E-state index in [0.29, 0.717) is 16.4 Å². The van der Waals surface area contributed by atoms with Crippen molar-refractivity contribution in [3.05, 3.63) is 88.8 Å². The molecule has 4 aromatic rings. The van der Waals surface area contributed by atoms with E-state index in [1.165, 1.54) is 17.4 Å². The molecule has 1 heterocycles. The molecule has 0 aliphatic rings. The van der Waals surface area contributed by atoms with Gasteiger partial charge in [0, 0.05) is 21.7 Å². The van der Waals surface area contributed by atoms with Crippen molar-refractivity contribution in [3.63, 3.8) is 0 Å². The predicted molar refractivity (Wildman–Crippen MR) is 135 cm³/mol. The second kappa shape index (κ2) is 9.66. The normalized spacial score (nSPS) is 11.1. The lowest BCUT2D eigenvalue weighted by atomic mass is 10.1. The van der Waals surface area contributed by atoms with Crippen molar-refractivity contribution < 1.29 is 17.9 Å². The van der Waals surface area contributed by atoms with Gasteiger partial charge in [-0.2, -0.15) is 0 Å². The first-order chi connectivity index (χ1) is 16.2. The van der Waals surface area contributed by atoms with Gasteiger partial charge in [-0.05, 0) is 68.4 Å². The number of ether oxygens (including phenoxy) is 1. The van der Waals surface area contributed by atoms with Crippen molar-refractivity contribution in [2.24, 2.45) is 0 Å². The zero-order valence-corrected chi connectivity index (χ0v) is 20.5. The third-order valence-corrected chi connectivity index (χ3v) is 7.37. The van der Waals surface area contributed by atoms with E-state index in [1.807, 2.05) is 38.1 Å². The molecule has 1 aromatic heterocycles. The largest absolute Gasteiger partial charge is 0.497 e. The molecule has 4 rings (SSSR count). The van der Waals surface area contributed by atoms with Crippen LogP contribution >= 0.6 is 11.3 Å². The summed E-state index contributed by atoms with van der Waals surface area (Å²) in [5.41, 5.74) is 3.26. The number of aryl methyl sites for hydroxylation is 2. The summed E-state index contributed by atoms with van der Waals surface area (Å²) in [6.07, 6.45) is 0. The Bertz CT molecular complexity index is 1430. The lowest BCUT2D eigenvalue weighted by Crippen LogP contribution is -2.15. The lowest BCUT2D eigenvalue weighted by molar-refractivity contribution is 0.102. The fraction of sp³-hybridized carbons (Fsp3) is 0.120. The summed E-state index contributed by atoms with van der Waals surface area (Å²) in [7, 11) is -2.16. The van der Waals surface area contributed by atoms with E-state index >= 15 is 0 Å². The van der Waals surface area contributed by atoms with Gasteiger partial charge in [-0.25, -0.2) is 13.4 Å². The molecule has 7 nitrogen and oxygen atoms in total. The van der Waals surface area contributed by atoms with Crippen LogP contribution in [0.15, 0.2) is 77.7 Å². The topological polar surface area (TPSA) is 97.4 Å². The van der Waals surface area contributed by atoms with Crippen LogP contribution in [0.3, 0.4) is 0 Å². The fourth-order valence-electron chi connectivity index (χ4n) is 3.29. The van der Waals surface area contributed by atoms with Crippen molar-refractivity contribution in [2.45, 2.75) is 18.7 Å². The molecule has 0 atom stereocenters. The molecule has 34 heavy (non-hydrogen) atoms. The number of rotatable bonds is 7. The number of benzene rings is 3. The van der Waals surface area contributed by atoms with Gasteiger partial charge >= 0.3 is 0 Å². The van der Waals surface area contributed by atoms with Crippen molar-refractivity contribution in [3.8, 4) is 17.0 Å². The van der Waals surface area contributed by atoms with E-state index < -0.39 is 10.0 Å². The smallest absolute Gasteiger partial charge is 0.261 e. The number of carbonyl (C=O) groups is 1. The Kier molecular flexibility index (Phi) is 6.67. The summed E-state index contributed by atoms with van der Waals surface area (Å²) in [4.78, 5) is 18.5. The minimum atomic E-state index is -3.77. The van der Waals surface area contributed by atoms with Gasteiger partial charge in [0.05, 0.1) is 17.7 Å². The molecule has 174 valence electrons. The number of methoxy groups -OCH3 is 1. The Balaban J connectivity index is 1.50. The minimum Gasteiger partial charge on any atom is -0.497 e. The number of nitrogens with one attached hydrogen (secondary N) is 2. The van der Waals surface area contributed by atoms with Crippen molar-refractivity contribution in [1.29, 1.82) is 0 Å². The highest BCUT2D eigenvalue weighted by molar-refractivity contribution is 7.92. The van der Waals surface area contributed by atoms with E-state index in [-0.39, 0.29) is 10.8 Å². The van der Waals surface area contributed by atoms with Gasteiger partial charge in [-0.15, -0.1) is 11.3 Å². The SMILES string of the molecule is COc1ccc(-c2nc(NC(=O)c3cccc(NS(=O)(=O)c4ccc(C)cc4)c3)sc2C)cc1. The van der Waals surface area contributed by atoms with Crippen molar-refractivity contribution >= 4 is 38.1 Å². The van der Waals surface area contributed by atoms with Gasteiger partial charge in [0.15, 0.2) is 5.13 Å². The first-order valence-electron chi connectivity index (χ1n) is 10.4. The fourth-order valence-corrected chi connectivity index (χ4v) is 5.17. The summed E-state index contributed by atoms with van der Waals surface area (Å²) in [6, 6.07) is 20.4. The average Bonchev–Trinajstić information content (AvgIpc) is 3.19. The molecule has 0 saturated heterocycles. The van der Waals surface area contributed by atoms with Crippen LogP contribution in [0.2, 0.25) is 0 Å². The molecule has 3 aromatic carbocycles. The van der Waals surface area contributed by atoms with Crippen LogP contribution < -0.4 is 14.8 Å². The van der Waals surface area contributed by atoms with Crippen LogP contribution in [0.25, 0.3) is 11.3 Å². The van der Waals surface area contributed by atoms with Gasteiger partial charge < -0.3 is 4.74 Å². The van der Waals surface area contributed by atoms with Crippen LogP contribution in [0, 0.1) is 13.8 Å². The molecule has 0 saturated carbocycles. The van der Waals surface area contributed by atoms with Crippen LogP contribution in [0.4, 0.5) is 10.8 Å². The second-order valence-electron chi connectivity index (χ2n) is 7.61.